The monoisotopic (exact) mass is 395 g/mol. The Bertz CT molecular complexity index is 978. The Morgan fingerprint density at radius 3 is 2.19 bits per heavy atom. The third-order valence-corrected chi connectivity index (χ3v) is 6.17. The van der Waals surface area contributed by atoms with Gasteiger partial charge in [0.05, 0.1) is 10.5 Å². The first-order chi connectivity index (χ1) is 12.6. The number of benzene rings is 2. The number of carbonyl (C=O) groups is 1. The van der Waals surface area contributed by atoms with Crippen LogP contribution in [0.5, 0.6) is 0 Å². The number of carbonyl (C=O) groups excluding carboxylic acids is 1. The number of Topliss-reactive ketones (excluding diaryl/α,β-unsaturated/α-hetero) is 1. The molecule has 1 aliphatic rings. The number of halogens is 3. The third-order valence-electron chi connectivity index (χ3n) is 4.31. The van der Waals surface area contributed by atoms with E-state index in [1.807, 2.05) is 6.92 Å². The van der Waals surface area contributed by atoms with Gasteiger partial charge in [0.2, 0.25) is 10.0 Å². The van der Waals surface area contributed by atoms with Crippen LogP contribution in [0.2, 0.25) is 0 Å². The Kier molecular flexibility index (Phi) is 4.96. The minimum absolute atomic E-state index is 0.0173. The zero-order valence-electron chi connectivity index (χ0n) is 14.3. The maximum absolute atomic E-state index is 12.9. The number of alkyl halides is 3. The predicted octanol–water partition coefficient (Wildman–Crippen LogP) is 3.83. The van der Waals surface area contributed by atoms with E-state index in [1.165, 1.54) is 18.2 Å². The zero-order valence-corrected chi connectivity index (χ0v) is 15.1. The summed E-state index contributed by atoms with van der Waals surface area (Å²) >= 11 is 0. The smallest absolute Gasteiger partial charge is 0.292 e. The van der Waals surface area contributed by atoms with Crippen molar-refractivity contribution in [3.8, 4) is 0 Å². The van der Waals surface area contributed by atoms with Gasteiger partial charge in [0, 0.05) is 12.1 Å². The van der Waals surface area contributed by atoms with E-state index >= 15 is 0 Å². The Balaban J connectivity index is 1.88. The van der Waals surface area contributed by atoms with Crippen molar-refractivity contribution < 1.29 is 26.4 Å². The van der Waals surface area contributed by atoms with Gasteiger partial charge in [-0.2, -0.15) is 17.5 Å². The van der Waals surface area contributed by atoms with Crippen LogP contribution in [0.1, 0.15) is 21.5 Å². The molecule has 0 bridgehead atoms. The van der Waals surface area contributed by atoms with Crippen molar-refractivity contribution in [3.63, 3.8) is 0 Å². The lowest BCUT2D eigenvalue weighted by atomic mass is 10.0. The third kappa shape index (κ3) is 3.81. The van der Waals surface area contributed by atoms with Crippen molar-refractivity contribution in [2.24, 2.45) is 0 Å². The lowest BCUT2D eigenvalue weighted by Gasteiger charge is -2.23. The van der Waals surface area contributed by atoms with E-state index in [0.29, 0.717) is 0 Å². The number of ketones is 1. The second-order valence-corrected chi connectivity index (χ2v) is 8.09. The molecular weight excluding hydrogens is 379 g/mol. The average molecular weight is 395 g/mol. The summed E-state index contributed by atoms with van der Waals surface area (Å²) in [5, 5.41) is 0. The molecular formula is C19H16F3NO3S. The Morgan fingerprint density at radius 1 is 1.04 bits per heavy atom. The largest absolute Gasteiger partial charge is 0.416 e. The first-order valence-electron chi connectivity index (χ1n) is 8.07. The number of aryl methyl sites for hydroxylation is 1. The molecule has 1 heterocycles. The van der Waals surface area contributed by atoms with Crippen molar-refractivity contribution in [2.45, 2.75) is 24.0 Å². The van der Waals surface area contributed by atoms with Gasteiger partial charge < -0.3 is 0 Å². The normalized spacial score (nSPS) is 18.0. The molecule has 3 rings (SSSR count). The maximum Gasteiger partial charge on any atom is 0.416 e. The van der Waals surface area contributed by atoms with Crippen LogP contribution in [0.15, 0.2) is 65.6 Å². The highest BCUT2D eigenvalue weighted by molar-refractivity contribution is 7.89. The summed E-state index contributed by atoms with van der Waals surface area (Å²) in [7, 11) is -3.92. The van der Waals surface area contributed by atoms with Gasteiger partial charge in [-0.25, -0.2) is 8.42 Å². The van der Waals surface area contributed by atoms with Crippen LogP contribution in [-0.2, 0) is 16.2 Å². The summed E-state index contributed by atoms with van der Waals surface area (Å²) in [6, 6.07) is 8.89. The van der Waals surface area contributed by atoms with Gasteiger partial charge in [-0.3, -0.25) is 4.79 Å². The molecule has 1 atom stereocenters. The number of hydrogen-bond acceptors (Lipinski definition) is 3. The molecule has 0 amide bonds. The van der Waals surface area contributed by atoms with Crippen LogP contribution < -0.4 is 0 Å². The zero-order chi connectivity index (χ0) is 19.8. The fourth-order valence-electron chi connectivity index (χ4n) is 2.81. The fraction of sp³-hybridized carbons (Fsp3) is 0.211. The first-order valence-corrected chi connectivity index (χ1v) is 9.51. The molecule has 2 aromatic rings. The molecule has 27 heavy (non-hydrogen) atoms. The highest BCUT2D eigenvalue weighted by Crippen LogP contribution is 2.30. The summed E-state index contributed by atoms with van der Waals surface area (Å²) in [6.07, 6.45) is -1.50. The van der Waals surface area contributed by atoms with Crippen molar-refractivity contribution in [1.82, 2.24) is 4.31 Å². The molecule has 0 fully saturated rings. The molecule has 0 N–H and O–H groups in total. The van der Waals surface area contributed by atoms with Crippen molar-refractivity contribution in [1.29, 1.82) is 0 Å². The van der Waals surface area contributed by atoms with E-state index in [0.717, 1.165) is 34.1 Å². The SMILES string of the molecule is Cc1ccc(S(=O)(=O)N2CC=CC2C(=O)c2ccc(C(F)(F)F)cc2)cc1. The van der Waals surface area contributed by atoms with E-state index in [9.17, 15) is 26.4 Å². The molecule has 2 aromatic carbocycles. The van der Waals surface area contributed by atoms with Crippen LogP contribution in [0, 0.1) is 6.92 Å². The number of nitrogens with zero attached hydrogens (tertiary/aromatic N) is 1. The fourth-order valence-corrected chi connectivity index (χ4v) is 4.31. The van der Waals surface area contributed by atoms with Crippen LogP contribution in [0.25, 0.3) is 0 Å². The summed E-state index contributed by atoms with van der Waals surface area (Å²) < 4.78 is 64.8. The summed E-state index contributed by atoms with van der Waals surface area (Å²) in [6.45, 7) is 1.85. The first kappa shape index (κ1) is 19.3. The molecule has 1 aliphatic heterocycles. The molecule has 0 aliphatic carbocycles. The van der Waals surface area contributed by atoms with E-state index < -0.39 is 33.6 Å². The minimum atomic E-state index is -4.50. The summed E-state index contributed by atoms with van der Waals surface area (Å²) in [5.41, 5.74) is 0.0414. The van der Waals surface area contributed by atoms with Gasteiger partial charge in [-0.15, -0.1) is 0 Å². The predicted molar refractivity (Wildman–Crippen MR) is 93.8 cm³/mol. The molecule has 0 saturated heterocycles. The average Bonchev–Trinajstić information content (AvgIpc) is 3.11. The second-order valence-electron chi connectivity index (χ2n) is 6.20. The van der Waals surface area contributed by atoms with Crippen molar-refractivity contribution in [3.05, 3.63) is 77.4 Å². The molecule has 1 unspecified atom stereocenters. The number of rotatable bonds is 4. The van der Waals surface area contributed by atoms with Gasteiger partial charge in [0.15, 0.2) is 5.78 Å². The van der Waals surface area contributed by atoms with Gasteiger partial charge in [0.1, 0.15) is 6.04 Å². The Hall–Kier alpha value is -2.45. The van der Waals surface area contributed by atoms with Crippen molar-refractivity contribution in [2.75, 3.05) is 6.54 Å². The molecule has 0 spiro atoms. The molecule has 8 heteroatoms. The molecule has 4 nitrogen and oxygen atoms in total. The van der Waals surface area contributed by atoms with Crippen LogP contribution in [-0.4, -0.2) is 31.1 Å². The lowest BCUT2D eigenvalue weighted by molar-refractivity contribution is -0.137. The van der Waals surface area contributed by atoms with Gasteiger partial charge in [-0.1, -0.05) is 42.0 Å². The highest BCUT2D eigenvalue weighted by atomic mass is 32.2. The topological polar surface area (TPSA) is 54.5 Å². The Morgan fingerprint density at radius 2 is 1.63 bits per heavy atom. The van der Waals surface area contributed by atoms with Crippen LogP contribution in [0.4, 0.5) is 13.2 Å². The molecule has 0 saturated carbocycles. The van der Waals surface area contributed by atoms with E-state index in [2.05, 4.69) is 0 Å². The quantitative estimate of drug-likeness (QED) is 0.584. The van der Waals surface area contributed by atoms with Crippen molar-refractivity contribution >= 4 is 15.8 Å². The standard InChI is InChI=1S/C19H16F3NO3S/c1-13-4-10-16(11-5-13)27(25,26)23-12-2-3-17(23)18(24)14-6-8-15(9-7-14)19(20,21)22/h2-11,17H,12H2,1H3. The van der Waals surface area contributed by atoms with Crippen LogP contribution in [0.3, 0.4) is 0 Å². The second kappa shape index (κ2) is 6.94. The number of sulfonamides is 1. The van der Waals surface area contributed by atoms with Gasteiger partial charge in [0.25, 0.3) is 0 Å². The molecule has 0 aromatic heterocycles. The summed E-state index contributed by atoms with van der Waals surface area (Å²) in [5.74, 6) is -0.576. The molecule has 142 valence electrons. The van der Waals surface area contributed by atoms with E-state index in [1.54, 1.807) is 18.2 Å². The maximum atomic E-state index is 12.9. The van der Waals surface area contributed by atoms with Gasteiger partial charge in [-0.05, 0) is 31.2 Å². The molecule has 0 radical (unpaired) electrons. The summed E-state index contributed by atoms with van der Waals surface area (Å²) in [4.78, 5) is 12.8. The Labute approximate surface area is 155 Å². The van der Waals surface area contributed by atoms with E-state index in [-0.39, 0.29) is 17.0 Å². The van der Waals surface area contributed by atoms with Crippen LogP contribution >= 0.6 is 0 Å². The van der Waals surface area contributed by atoms with E-state index in [4.69, 9.17) is 0 Å². The lowest BCUT2D eigenvalue weighted by Crippen LogP contribution is -2.40. The highest BCUT2D eigenvalue weighted by Gasteiger charge is 2.37. The number of hydrogen-bond donors (Lipinski definition) is 0. The van der Waals surface area contributed by atoms with Gasteiger partial charge >= 0.3 is 6.18 Å². The minimum Gasteiger partial charge on any atom is -0.292 e.